The predicted molar refractivity (Wildman–Crippen MR) is 88.3 cm³/mol. The lowest BCUT2D eigenvalue weighted by Crippen LogP contribution is -2.33. The molecule has 118 valence electrons. The standard InChI is InChI=1S/C18H25N3O/c1-16-14-18(22-13-12-20-10-6-3-7-11-20)21(19-16)15-17-8-4-2-5-9-17/h2,4-5,8-9,14H,3,6-7,10-13,15H2,1H3. The number of nitrogens with zero attached hydrogens (tertiary/aromatic N) is 3. The van der Waals surface area contributed by atoms with Crippen LogP contribution in [0.3, 0.4) is 0 Å². The van der Waals surface area contributed by atoms with E-state index >= 15 is 0 Å². The van der Waals surface area contributed by atoms with Crippen LogP contribution in [0.1, 0.15) is 30.5 Å². The summed E-state index contributed by atoms with van der Waals surface area (Å²) in [5, 5.41) is 4.55. The van der Waals surface area contributed by atoms with Gasteiger partial charge in [-0.05, 0) is 38.4 Å². The van der Waals surface area contributed by atoms with Crippen molar-refractivity contribution in [3.05, 3.63) is 47.7 Å². The van der Waals surface area contributed by atoms with E-state index in [4.69, 9.17) is 4.74 Å². The molecule has 3 rings (SSSR count). The highest BCUT2D eigenvalue weighted by atomic mass is 16.5. The molecular weight excluding hydrogens is 274 g/mol. The maximum atomic E-state index is 5.99. The minimum absolute atomic E-state index is 0.736. The van der Waals surface area contributed by atoms with Crippen LogP contribution in [0.4, 0.5) is 0 Å². The molecule has 4 heteroatoms. The van der Waals surface area contributed by atoms with Gasteiger partial charge in [-0.1, -0.05) is 36.8 Å². The number of piperidine rings is 1. The van der Waals surface area contributed by atoms with Crippen LogP contribution in [0.2, 0.25) is 0 Å². The Balaban J connectivity index is 1.56. The summed E-state index contributed by atoms with van der Waals surface area (Å²) in [5.41, 5.74) is 2.25. The molecule has 0 atom stereocenters. The van der Waals surface area contributed by atoms with E-state index in [2.05, 4.69) is 34.3 Å². The van der Waals surface area contributed by atoms with Gasteiger partial charge in [0.15, 0.2) is 0 Å². The first-order valence-corrected chi connectivity index (χ1v) is 8.25. The molecule has 0 aliphatic carbocycles. The van der Waals surface area contributed by atoms with Gasteiger partial charge in [0, 0.05) is 12.6 Å². The van der Waals surface area contributed by atoms with Crippen molar-refractivity contribution in [3.63, 3.8) is 0 Å². The lowest BCUT2D eigenvalue weighted by Gasteiger charge is -2.26. The summed E-state index contributed by atoms with van der Waals surface area (Å²) in [7, 11) is 0. The predicted octanol–water partition coefficient (Wildman–Crippen LogP) is 3.10. The zero-order valence-corrected chi connectivity index (χ0v) is 13.4. The molecule has 0 saturated carbocycles. The Hall–Kier alpha value is -1.81. The van der Waals surface area contributed by atoms with Gasteiger partial charge in [-0.2, -0.15) is 5.10 Å². The van der Waals surface area contributed by atoms with Crippen molar-refractivity contribution in [1.82, 2.24) is 14.7 Å². The molecule has 1 aliphatic rings. The molecule has 2 heterocycles. The van der Waals surface area contributed by atoms with Crippen molar-refractivity contribution in [1.29, 1.82) is 0 Å². The van der Waals surface area contributed by atoms with E-state index in [1.54, 1.807) is 0 Å². The molecule has 0 bridgehead atoms. The summed E-state index contributed by atoms with van der Waals surface area (Å²) in [5.74, 6) is 0.873. The van der Waals surface area contributed by atoms with Crippen LogP contribution in [0, 0.1) is 6.92 Å². The molecule has 0 radical (unpaired) electrons. The normalized spacial score (nSPS) is 15.9. The molecule has 4 nitrogen and oxygen atoms in total. The number of rotatable bonds is 6. The van der Waals surface area contributed by atoms with Gasteiger partial charge in [0.05, 0.1) is 12.2 Å². The number of aromatic nitrogens is 2. The topological polar surface area (TPSA) is 30.3 Å². The van der Waals surface area contributed by atoms with E-state index in [0.717, 1.165) is 31.3 Å². The van der Waals surface area contributed by atoms with Crippen LogP contribution < -0.4 is 4.74 Å². The highest BCUT2D eigenvalue weighted by molar-refractivity contribution is 5.20. The molecule has 22 heavy (non-hydrogen) atoms. The number of aryl methyl sites for hydroxylation is 1. The van der Waals surface area contributed by atoms with Crippen molar-refractivity contribution in [2.24, 2.45) is 0 Å². The monoisotopic (exact) mass is 299 g/mol. The zero-order valence-electron chi connectivity index (χ0n) is 13.4. The van der Waals surface area contributed by atoms with E-state index in [-0.39, 0.29) is 0 Å². The average molecular weight is 299 g/mol. The number of benzene rings is 1. The molecule has 0 unspecified atom stereocenters. The second-order valence-electron chi connectivity index (χ2n) is 6.02. The fraction of sp³-hybridized carbons (Fsp3) is 0.500. The smallest absolute Gasteiger partial charge is 0.212 e. The van der Waals surface area contributed by atoms with Gasteiger partial charge in [-0.3, -0.25) is 4.90 Å². The number of ether oxygens (including phenoxy) is 1. The van der Waals surface area contributed by atoms with Gasteiger partial charge >= 0.3 is 0 Å². The molecule has 1 aromatic carbocycles. The Labute approximate surface area is 132 Å². The Bertz CT molecular complexity index is 573. The van der Waals surface area contributed by atoms with Crippen LogP contribution in [-0.4, -0.2) is 40.9 Å². The first-order valence-electron chi connectivity index (χ1n) is 8.25. The summed E-state index contributed by atoms with van der Waals surface area (Å²) in [6.07, 6.45) is 4.02. The molecule has 2 aromatic rings. The first-order chi connectivity index (χ1) is 10.8. The minimum Gasteiger partial charge on any atom is -0.476 e. The summed E-state index contributed by atoms with van der Waals surface area (Å²) in [6.45, 7) is 6.94. The second kappa shape index (κ2) is 7.45. The van der Waals surface area contributed by atoms with Crippen molar-refractivity contribution >= 4 is 0 Å². The van der Waals surface area contributed by atoms with E-state index in [1.165, 1.54) is 37.9 Å². The molecule has 0 amide bonds. The quantitative estimate of drug-likeness (QED) is 0.821. The summed E-state index contributed by atoms with van der Waals surface area (Å²) < 4.78 is 7.95. The third-order valence-corrected chi connectivity index (χ3v) is 4.15. The van der Waals surface area contributed by atoms with Gasteiger partial charge in [0.1, 0.15) is 6.61 Å². The van der Waals surface area contributed by atoms with Crippen LogP contribution in [0.15, 0.2) is 36.4 Å². The average Bonchev–Trinajstić information content (AvgIpc) is 2.89. The highest BCUT2D eigenvalue weighted by Crippen LogP contribution is 2.16. The minimum atomic E-state index is 0.736. The summed E-state index contributed by atoms with van der Waals surface area (Å²) in [4.78, 5) is 2.49. The third-order valence-electron chi connectivity index (χ3n) is 4.15. The summed E-state index contributed by atoms with van der Waals surface area (Å²) >= 11 is 0. The number of likely N-dealkylation sites (tertiary alicyclic amines) is 1. The fourth-order valence-corrected chi connectivity index (χ4v) is 2.97. The van der Waals surface area contributed by atoms with E-state index in [1.807, 2.05) is 23.7 Å². The van der Waals surface area contributed by atoms with Crippen LogP contribution in [0.25, 0.3) is 0 Å². The largest absolute Gasteiger partial charge is 0.476 e. The Morgan fingerprint density at radius 1 is 1.09 bits per heavy atom. The molecule has 1 aliphatic heterocycles. The van der Waals surface area contributed by atoms with Crippen LogP contribution >= 0.6 is 0 Å². The molecule has 1 fully saturated rings. The van der Waals surface area contributed by atoms with Gasteiger partial charge in [0.2, 0.25) is 5.88 Å². The van der Waals surface area contributed by atoms with Gasteiger partial charge in [-0.25, -0.2) is 4.68 Å². The van der Waals surface area contributed by atoms with Gasteiger partial charge in [0.25, 0.3) is 0 Å². The summed E-state index contributed by atoms with van der Waals surface area (Å²) in [6, 6.07) is 12.4. The number of hydrogen-bond donors (Lipinski definition) is 0. The van der Waals surface area contributed by atoms with E-state index in [9.17, 15) is 0 Å². The maximum Gasteiger partial charge on any atom is 0.212 e. The third kappa shape index (κ3) is 4.10. The highest BCUT2D eigenvalue weighted by Gasteiger charge is 2.11. The van der Waals surface area contributed by atoms with Crippen LogP contribution in [0.5, 0.6) is 5.88 Å². The molecular formula is C18H25N3O. The SMILES string of the molecule is Cc1cc(OCCN2CCCCC2)n(Cc2ccccc2)n1. The van der Waals surface area contributed by atoms with E-state index in [0.29, 0.717) is 0 Å². The molecule has 1 saturated heterocycles. The molecule has 0 N–H and O–H groups in total. The lowest BCUT2D eigenvalue weighted by atomic mass is 10.1. The molecule has 1 aromatic heterocycles. The van der Waals surface area contributed by atoms with Crippen molar-refractivity contribution in [2.75, 3.05) is 26.2 Å². The maximum absolute atomic E-state index is 5.99. The fourth-order valence-electron chi connectivity index (χ4n) is 2.97. The van der Waals surface area contributed by atoms with Crippen molar-refractivity contribution < 1.29 is 4.74 Å². The Morgan fingerprint density at radius 3 is 2.64 bits per heavy atom. The lowest BCUT2D eigenvalue weighted by molar-refractivity contribution is 0.176. The molecule has 0 spiro atoms. The number of hydrogen-bond acceptors (Lipinski definition) is 3. The van der Waals surface area contributed by atoms with Crippen LogP contribution in [-0.2, 0) is 6.54 Å². The zero-order chi connectivity index (χ0) is 15.2. The van der Waals surface area contributed by atoms with Crippen molar-refractivity contribution in [3.8, 4) is 5.88 Å². The Kier molecular flexibility index (Phi) is 5.11. The Morgan fingerprint density at radius 2 is 1.86 bits per heavy atom. The van der Waals surface area contributed by atoms with Gasteiger partial charge in [-0.15, -0.1) is 0 Å². The van der Waals surface area contributed by atoms with Crippen molar-refractivity contribution in [2.45, 2.75) is 32.7 Å². The second-order valence-corrected chi connectivity index (χ2v) is 6.02. The van der Waals surface area contributed by atoms with Gasteiger partial charge < -0.3 is 4.74 Å². The first kappa shape index (κ1) is 15.1. The van der Waals surface area contributed by atoms with E-state index < -0.39 is 0 Å².